The van der Waals surface area contributed by atoms with Crippen LogP contribution in [-0.4, -0.2) is 27.7 Å². The quantitative estimate of drug-likeness (QED) is 0.767. The van der Waals surface area contributed by atoms with Gasteiger partial charge in [-0.15, -0.1) is 0 Å². The maximum Gasteiger partial charge on any atom is 0.268 e. The summed E-state index contributed by atoms with van der Waals surface area (Å²) in [5, 5.41) is 12.0. The van der Waals surface area contributed by atoms with E-state index in [4.69, 9.17) is 5.11 Å². The summed E-state index contributed by atoms with van der Waals surface area (Å²) < 4.78 is 1.89. The number of aryl methyl sites for hydroxylation is 1. The van der Waals surface area contributed by atoms with Crippen molar-refractivity contribution in [3.63, 3.8) is 0 Å². The Bertz CT molecular complexity index is 366. The number of aromatic nitrogens is 1. The van der Waals surface area contributed by atoms with Crippen LogP contribution in [0.3, 0.4) is 0 Å². The van der Waals surface area contributed by atoms with Crippen LogP contribution in [0.4, 0.5) is 0 Å². The molecule has 2 rings (SSSR count). The fourth-order valence-electron chi connectivity index (χ4n) is 1.67. The van der Waals surface area contributed by atoms with Gasteiger partial charge >= 0.3 is 0 Å². The number of aliphatic hydroxyl groups is 1. The van der Waals surface area contributed by atoms with Crippen molar-refractivity contribution in [1.29, 1.82) is 0 Å². The number of aliphatic hydroxyl groups excluding tert-OH is 1. The molecule has 1 saturated carbocycles. The number of carbonyl (C=O) groups is 1. The molecular formula is C11H16N2O2. The Hall–Kier alpha value is -1.29. The third-order valence-electron chi connectivity index (χ3n) is 2.94. The van der Waals surface area contributed by atoms with E-state index in [2.05, 4.69) is 5.32 Å². The number of rotatable bonds is 4. The molecule has 0 atom stereocenters. The Morgan fingerprint density at radius 1 is 1.67 bits per heavy atom. The Kier molecular flexibility index (Phi) is 2.52. The minimum absolute atomic E-state index is 0.0333. The number of carbonyl (C=O) groups excluding carboxylic acids is 1. The lowest BCUT2D eigenvalue weighted by Gasteiger charge is -2.15. The van der Waals surface area contributed by atoms with E-state index >= 15 is 0 Å². The molecule has 0 radical (unpaired) electrons. The van der Waals surface area contributed by atoms with Crippen molar-refractivity contribution in [2.75, 3.05) is 6.61 Å². The molecule has 4 nitrogen and oxygen atoms in total. The van der Waals surface area contributed by atoms with Crippen LogP contribution in [0.15, 0.2) is 18.3 Å². The summed E-state index contributed by atoms with van der Waals surface area (Å²) in [6.07, 6.45) is 3.64. The number of nitrogens with zero attached hydrogens (tertiary/aromatic N) is 1. The Balaban J connectivity index is 2.08. The zero-order valence-corrected chi connectivity index (χ0v) is 8.86. The lowest BCUT2D eigenvalue weighted by molar-refractivity contribution is 0.0897. The molecule has 1 aliphatic rings. The second kappa shape index (κ2) is 3.70. The summed E-state index contributed by atoms with van der Waals surface area (Å²) >= 11 is 0. The molecule has 1 aliphatic carbocycles. The van der Waals surface area contributed by atoms with Gasteiger partial charge in [-0.2, -0.15) is 0 Å². The maximum atomic E-state index is 11.9. The number of nitrogens with one attached hydrogen (secondary N) is 1. The van der Waals surface area contributed by atoms with Crippen LogP contribution in [-0.2, 0) is 6.54 Å². The van der Waals surface area contributed by atoms with Crippen molar-refractivity contribution in [2.24, 2.45) is 0 Å². The zero-order chi connectivity index (χ0) is 10.9. The van der Waals surface area contributed by atoms with Gasteiger partial charge in [-0.05, 0) is 31.9 Å². The van der Waals surface area contributed by atoms with E-state index in [1.54, 1.807) is 6.07 Å². The maximum absolute atomic E-state index is 11.9. The van der Waals surface area contributed by atoms with Crippen LogP contribution in [0.2, 0.25) is 0 Å². The highest BCUT2D eigenvalue weighted by molar-refractivity contribution is 5.93. The lowest BCUT2D eigenvalue weighted by Crippen LogP contribution is -2.40. The van der Waals surface area contributed by atoms with Gasteiger partial charge in [0.2, 0.25) is 0 Å². The second-order valence-electron chi connectivity index (χ2n) is 4.07. The van der Waals surface area contributed by atoms with Crippen molar-refractivity contribution >= 4 is 5.91 Å². The van der Waals surface area contributed by atoms with Gasteiger partial charge in [0.25, 0.3) is 5.91 Å². The first-order chi connectivity index (χ1) is 7.21. The van der Waals surface area contributed by atoms with Gasteiger partial charge in [-0.1, -0.05) is 0 Å². The van der Waals surface area contributed by atoms with Gasteiger partial charge in [-0.25, -0.2) is 0 Å². The fraction of sp³-hybridized carbons (Fsp3) is 0.545. The zero-order valence-electron chi connectivity index (χ0n) is 8.86. The van der Waals surface area contributed by atoms with E-state index in [9.17, 15) is 4.79 Å². The minimum atomic E-state index is -0.333. The van der Waals surface area contributed by atoms with Crippen LogP contribution in [0.25, 0.3) is 0 Å². The predicted octanol–water partition coefficient (Wildman–Crippen LogP) is 0.763. The van der Waals surface area contributed by atoms with Crippen LogP contribution < -0.4 is 5.32 Å². The van der Waals surface area contributed by atoms with Crippen molar-refractivity contribution in [3.8, 4) is 0 Å². The third-order valence-corrected chi connectivity index (χ3v) is 2.94. The second-order valence-corrected chi connectivity index (χ2v) is 4.07. The summed E-state index contributed by atoms with van der Waals surface area (Å²) in [6, 6.07) is 3.66. The Labute approximate surface area is 88.9 Å². The molecule has 0 aromatic carbocycles. The highest BCUT2D eigenvalue weighted by atomic mass is 16.3. The average molecular weight is 208 g/mol. The molecule has 82 valence electrons. The van der Waals surface area contributed by atoms with Gasteiger partial charge < -0.3 is 15.0 Å². The predicted molar refractivity (Wildman–Crippen MR) is 56.6 cm³/mol. The molecule has 2 N–H and O–H groups in total. The van der Waals surface area contributed by atoms with E-state index in [1.807, 2.05) is 23.8 Å². The van der Waals surface area contributed by atoms with Crippen molar-refractivity contribution in [3.05, 3.63) is 24.0 Å². The molecule has 1 fully saturated rings. The van der Waals surface area contributed by atoms with Crippen LogP contribution >= 0.6 is 0 Å². The largest absolute Gasteiger partial charge is 0.394 e. The van der Waals surface area contributed by atoms with Crippen molar-refractivity contribution in [2.45, 2.75) is 31.8 Å². The van der Waals surface area contributed by atoms with E-state index in [0.29, 0.717) is 5.69 Å². The van der Waals surface area contributed by atoms with Crippen LogP contribution in [0.1, 0.15) is 30.3 Å². The summed E-state index contributed by atoms with van der Waals surface area (Å²) in [4.78, 5) is 11.9. The Morgan fingerprint density at radius 2 is 2.40 bits per heavy atom. The molecular weight excluding hydrogens is 192 g/mol. The Morgan fingerprint density at radius 3 is 2.93 bits per heavy atom. The van der Waals surface area contributed by atoms with Gasteiger partial charge in [0, 0.05) is 12.7 Å². The first-order valence-electron chi connectivity index (χ1n) is 5.29. The average Bonchev–Trinajstić information content (AvgIpc) is 2.85. The van der Waals surface area contributed by atoms with Crippen molar-refractivity contribution < 1.29 is 9.90 Å². The molecule has 0 aliphatic heterocycles. The molecule has 0 saturated heterocycles. The highest BCUT2D eigenvalue weighted by Gasteiger charge is 2.43. The van der Waals surface area contributed by atoms with Gasteiger partial charge in [-0.3, -0.25) is 4.79 Å². The molecule has 0 unspecified atom stereocenters. The summed E-state index contributed by atoms with van der Waals surface area (Å²) in [5.74, 6) is -0.0894. The van der Waals surface area contributed by atoms with E-state index in [1.165, 1.54) is 0 Å². The number of hydrogen-bond donors (Lipinski definition) is 2. The van der Waals surface area contributed by atoms with Gasteiger partial charge in [0.15, 0.2) is 0 Å². The van der Waals surface area contributed by atoms with Crippen molar-refractivity contribution in [1.82, 2.24) is 9.88 Å². The topological polar surface area (TPSA) is 54.3 Å². The summed E-state index contributed by atoms with van der Waals surface area (Å²) in [7, 11) is 0. The first-order valence-corrected chi connectivity index (χ1v) is 5.29. The van der Waals surface area contributed by atoms with Gasteiger partial charge in [0.05, 0.1) is 12.1 Å². The standard InChI is InChI=1S/C11H16N2O2/c1-2-13-7-3-4-9(13)10(15)12-11(8-14)5-6-11/h3-4,7,14H,2,5-6,8H2,1H3,(H,12,15). The molecule has 1 amide bonds. The monoisotopic (exact) mass is 208 g/mol. The molecule has 1 aromatic rings. The van der Waals surface area contributed by atoms with E-state index in [0.717, 1.165) is 19.4 Å². The molecule has 4 heteroatoms. The van der Waals surface area contributed by atoms with E-state index < -0.39 is 0 Å². The van der Waals surface area contributed by atoms with Gasteiger partial charge in [0.1, 0.15) is 5.69 Å². The highest BCUT2D eigenvalue weighted by Crippen LogP contribution is 2.34. The number of hydrogen-bond acceptors (Lipinski definition) is 2. The molecule has 0 spiro atoms. The van der Waals surface area contributed by atoms with Crippen LogP contribution in [0, 0.1) is 0 Å². The SMILES string of the molecule is CCn1cccc1C(=O)NC1(CO)CC1. The molecule has 1 aromatic heterocycles. The molecule has 15 heavy (non-hydrogen) atoms. The lowest BCUT2D eigenvalue weighted by atomic mass is 10.2. The summed E-state index contributed by atoms with van der Waals surface area (Å²) in [6.45, 7) is 2.81. The summed E-state index contributed by atoms with van der Waals surface area (Å²) in [5.41, 5.74) is 0.331. The third kappa shape index (κ3) is 1.90. The smallest absolute Gasteiger partial charge is 0.268 e. The first kappa shape index (κ1) is 10.2. The van der Waals surface area contributed by atoms with E-state index in [-0.39, 0.29) is 18.1 Å². The number of amides is 1. The normalized spacial score (nSPS) is 17.5. The fourth-order valence-corrected chi connectivity index (χ4v) is 1.67. The minimum Gasteiger partial charge on any atom is -0.394 e. The molecule has 0 bridgehead atoms. The molecule has 1 heterocycles. The van der Waals surface area contributed by atoms with Crippen LogP contribution in [0.5, 0.6) is 0 Å².